The van der Waals surface area contributed by atoms with Crippen LogP contribution in [-0.4, -0.2) is 6.10 Å². The number of rotatable bonds is 1. The van der Waals surface area contributed by atoms with Crippen molar-refractivity contribution in [2.45, 2.75) is 38.4 Å². The molecule has 2 unspecified atom stereocenters. The summed E-state index contributed by atoms with van der Waals surface area (Å²) in [5.41, 5.74) is 3.82. The highest BCUT2D eigenvalue weighted by Gasteiger charge is 2.32. The maximum Gasteiger partial charge on any atom is 0.131 e. The van der Waals surface area contributed by atoms with E-state index in [1.807, 2.05) is 6.07 Å². The van der Waals surface area contributed by atoms with Crippen LogP contribution in [0, 0.1) is 0 Å². The van der Waals surface area contributed by atoms with Crippen LogP contribution in [-0.2, 0) is 6.42 Å². The Bertz CT molecular complexity index is 662. The smallest absolute Gasteiger partial charge is 0.131 e. The summed E-state index contributed by atoms with van der Waals surface area (Å²) in [4.78, 5) is 0. The summed E-state index contributed by atoms with van der Waals surface area (Å²) < 4.78 is 12.0. The summed E-state index contributed by atoms with van der Waals surface area (Å²) in [6, 6.07) is 14.9. The predicted molar refractivity (Wildman–Crippen MR) is 78.5 cm³/mol. The lowest BCUT2D eigenvalue weighted by Crippen LogP contribution is -2.07. The molecule has 102 valence electrons. The Kier molecular flexibility index (Phi) is 2.53. The van der Waals surface area contributed by atoms with Gasteiger partial charge in [0.25, 0.3) is 0 Å². The Labute approximate surface area is 119 Å². The average Bonchev–Trinajstić information content (AvgIpc) is 2.98. The molecule has 0 bridgehead atoms. The molecule has 0 fully saturated rings. The van der Waals surface area contributed by atoms with Gasteiger partial charge < -0.3 is 9.47 Å². The minimum absolute atomic E-state index is 0.0946. The van der Waals surface area contributed by atoms with Crippen LogP contribution in [0.25, 0.3) is 0 Å². The van der Waals surface area contributed by atoms with E-state index in [4.69, 9.17) is 9.47 Å². The molecule has 4 rings (SSSR count). The van der Waals surface area contributed by atoms with E-state index in [0.717, 1.165) is 17.9 Å². The van der Waals surface area contributed by atoms with Gasteiger partial charge in [-0.25, -0.2) is 0 Å². The maximum atomic E-state index is 6.14. The largest absolute Gasteiger partial charge is 0.490 e. The first-order chi connectivity index (χ1) is 9.72. The predicted octanol–water partition coefficient (Wildman–Crippen LogP) is 4.25. The first-order valence-corrected chi connectivity index (χ1v) is 7.27. The zero-order valence-electron chi connectivity index (χ0n) is 11.8. The van der Waals surface area contributed by atoms with Crippen molar-refractivity contribution in [1.29, 1.82) is 0 Å². The van der Waals surface area contributed by atoms with Crippen LogP contribution in [0.5, 0.6) is 11.5 Å². The first-order valence-electron chi connectivity index (χ1n) is 7.27. The molecule has 0 saturated heterocycles. The van der Waals surface area contributed by atoms with Crippen molar-refractivity contribution in [2.75, 3.05) is 0 Å². The van der Waals surface area contributed by atoms with Crippen LogP contribution in [0.3, 0.4) is 0 Å². The third-order valence-electron chi connectivity index (χ3n) is 4.37. The number of hydrogen-bond acceptors (Lipinski definition) is 2. The Balaban J connectivity index is 1.69. The molecule has 0 amide bonds. The van der Waals surface area contributed by atoms with Crippen molar-refractivity contribution in [3.8, 4) is 11.5 Å². The van der Waals surface area contributed by atoms with Crippen LogP contribution >= 0.6 is 0 Å². The molecule has 20 heavy (non-hydrogen) atoms. The molecule has 2 aliphatic rings. The van der Waals surface area contributed by atoms with Crippen molar-refractivity contribution >= 4 is 0 Å². The van der Waals surface area contributed by atoms with Crippen molar-refractivity contribution in [1.82, 2.24) is 0 Å². The van der Waals surface area contributed by atoms with Gasteiger partial charge in [-0.15, -0.1) is 0 Å². The van der Waals surface area contributed by atoms with Crippen LogP contribution in [0.15, 0.2) is 42.5 Å². The molecule has 3 atom stereocenters. The lowest BCUT2D eigenvalue weighted by molar-refractivity contribution is 0.214. The first kappa shape index (κ1) is 11.8. The van der Waals surface area contributed by atoms with Gasteiger partial charge in [-0.2, -0.15) is 0 Å². The SMILES string of the molecule is CC1Cc2ccc(C3Oc4ccccc4[C@H]3C)cc2O1. The molecular weight excluding hydrogens is 248 g/mol. The lowest BCUT2D eigenvalue weighted by Gasteiger charge is -2.16. The summed E-state index contributed by atoms with van der Waals surface area (Å²) >= 11 is 0. The van der Waals surface area contributed by atoms with Crippen molar-refractivity contribution < 1.29 is 9.47 Å². The van der Waals surface area contributed by atoms with Crippen LogP contribution < -0.4 is 9.47 Å². The van der Waals surface area contributed by atoms with Gasteiger partial charge in [-0.1, -0.05) is 37.3 Å². The van der Waals surface area contributed by atoms with Crippen LogP contribution in [0.1, 0.15) is 42.6 Å². The number of hydrogen-bond donors (Lipinski definition) is 0. The molecule has 0 spiro atoms. The summed E-state index contributed by atoms with van der Waals surface area (Å²) in [6.07, 6.45) is 1.40. The van der Waals surface area contributed by atoms with E-state index in [-0.39, 0.29) is 6.10 Å². The van der Waals surface area contributed by atoms with Crippen LogP contribution in [0.4, 0.5) is 0 Å². The number of ether oxygens (including phenoxy) is 2. The van der Waals surface area contributed by atoms with Gasteiger partial charge in [0.1, 0.15) is 23.7 Å². The summed E-state index contributed by atoms with van der Waals surface area (Å²) in [6.45, 7) is 4.34. The molecule has 2 heteroatoms. The number of fused-ring (bicyclic) bond motifs is 2. The molecule has 2 aromatic carbocycles. The van der Waals surface area contributed by atoms with E-state index in [1.54, 1.807) is 0 Å². The van der Waals surface area contributed by atoms with Gasteiger partial charge in [-0.05, 0) is 30.2 Å². The zero-order chi connectivity index (χ0) is 13.7. The summed E-state index contributed by atoms with van der Waals surface area (Å²) in [7, 11) is 0. The highest BCUT2D eigenvalue weighted by molar-refractivity contribution is 5.46. The zero-order valence-corrected chi connectivity index (χ0v) is 11.8. The molecule has 0 aliphatic carbocycles. The Morgan fingerprint density at radius 2 is 1.80 bits per heavy atom. The van der Waals surface area contributed by atoms with Crippen LogP contribution in [0.2, 0.25) is 0 Å². The van der Waals surface area contributed by atoms with Gasteiger partial charge >= 0.3 is 0 Å². The second kappa shape index (κ2) is 4.27. The van der Waals surface area contributed by atoms with E-state index in [2.05, 4.69) is 50.2 Å². The topological polar surface area (TPSA) is 18.5 Å². The van der Waals surface area contributed by atoms with E-state index in [0.29, 0.717) is 12.0 Å². The monoisotopic (exact) mass is 266 g/mol. The van der Waals surface area contributed by atoms with Gasteiger partial charge in [0.15, 0.2) is 0 Å². The second-order valence-corrected chi connectivity index (χ2v) is 5.86. The molecular formula is C18H18O2. The number of benzene rings is 2. The third-order valence-corrected chi connectivity index (χ3v) is 4.37. The van der Waals surface area contributed by atoms with Gasteiger partial charge in [0, 0.05) is 17.9 Å². The average molecular weight is 266 g/mol. The maximum absolute atomic E-state index is 6.14. The molecule has 0 aromatic heterocycles. The minimum atomic E-state index is 0.0946. The quantitative estimate of drug-likeness (QED) is 0.768. The van der Waals surface area contributed by atoms with E-state index < -0.39 is 0 Å². The Morgan fingerprint density at radius 3 is 2.65 bits per heavy atom. The van der Waals surface area contributed by atoms with Gasteiger partial charge in [0.2, 0.25) is 0 Å². The van der Waals surface area contributed by atoms with E-state index >= 15 is 0 Å². The highest BCUT2D eigenvalue weighted by Crippen LogP contribution is 2.46. The van der Waals surface area contributed by atoms with Crippen molar-refractivity contribution in [3.63, 3.8) is 0 Å². The third kappa shape index (κ3) is 1.71. The summed E-state index contributed by atoms with van der Waals surface area (Å²) in [5.74, 6) is 2.42. The molecule has 2 nitrogen and oxygen atoms in total. The van der Waals surface area contributed by atoms with Gasteiger partial charge in [-0.3, -0.25) is 0 Å². The standard InChI is InChI=1S/C18H18O2/c1-11-9-13-7-8-14(10-17(13)19-11)18-12(2)15-5-3-4-6-16(15)20-18/h3-8,10-12,18H,9H2,1-2H3/t11?,12-,18?/m1/s1. The molecule has 0 N–H and O–H groups in total. The molecule has 2 heterocycles. The van der Waals surface area contributed by atoms with Crippen molar-refractivity contribution in [2.24, 2.45) is 0 Å². The fourth-order valence-electron chi connectivity index (χ4n) is 3.32. The van der Waals surface area contributed by atoms with Crippen molar-refractivity contribution in [3.05, 3.63) is 59.2 Å². The lowest BCUT2D eigenvalue weighted by atomic mass is 9.92. The fourth-order valence-corrected chi connectivity index (χ4v) is 3.32. The van der Waals surface area contributed by atoms with Gasteiger partial charge in [0.05, 0.1) is 0 Å². The molecule has 0 radical (unpaired) electrons. The molecule has 0 saturated carbocycles. The summed E-state index contributed by atoms with van der Waals surface area (Å²) in [5, 5.41) is 0. The fraction of sp³-hybridized carbons (Fsp3) is 0.333. The molecule has 2 aliphatic heterocycles. The molecule has 2 aromatic rings. The normalized spacial score (nSPS) is 26.6. The van der Waals surface area contributed by atoms with E-state index in [9.17, 15) is 0 Å². The van der Waals surface area contributed by atoms with E-state index in [1.165, 1.54) is 16.7 Å². The Morgan fingerprint density at radius 1 is 0.950 bits per heavy atom. The number of para-hydroxylation sites is 1. The highest BCUT2D eigenvalue weighted by atomic mass is 16.5. The Hall–Kier alpha value is -1.96. The minimum Gasteiger partial charge on any atom is -0.490 e. The second-order valence-electron chi connectivity index (χ2n) is 5.86.